The first-order valence-corrected chi connectivity index (χ1v) is 7.94. The molecule has 0 fully saturated rings. The third kappa shape index (κ3) is 2.36. The van der Waals surface area contributed by atoms with Crippen molar-refractivity contribution in [2.45, 2.75) is 27.7 Å². The highest BCUT2D eigenvalue weighted by molar-refractivity contribution is 7.23. The van der Waals surface area contributed by atoms with Gasteiger partial charge in [0.1, 0.15) is 0 Å². The Bertz CT molecular complexity index is 644. The second-order valence-electron chi connectivity index (χ2n) is 3.94. The van der Waals surface area contributed by atoms with E-state index in [-0.39, 0.29) is 0 Å². The lowest BCUT2D eigenvalue weighted by molar-refractivity contribution is 1.50. The van der Waals surface area contributed by atoms with Crippen LogP contribution < -0.4 is 0 Å². The normalized spacial score (nSPS) is 10.2. The molecule has 0 saturated carbocycles. The van der Waals surface area contributed by atoms with Crippen molar-refractivity contribution >= 4 is 33.4 Å². The Morgan fingerprint density at radius 2 is 1.44 bits per heavy atom. The number of aryl methyl sites for hydroxylation is 2. The van der Waals surface area contributed by atoms with Crippen molar-refractivity contribution in [3.63, 3.8) is 0 Å². The largest absolute Gasteiger partial charge is 0.140 e. The zero-order chi connectivity index (χ0) is 13.1. The Hall–Kier alpha value is -1.12. The molecule has 0 aliphatic heterocycles. The van der Waals surface area contributed by atoms with Crippen LogP contribution in [0.3, 0.4) is 0 Å². The highest BCUT2D eigenvalue weighted by atomic mass is 32.1. The average molecular weight is 274 g/mol. The van der Waals surface area contributed by atoms with Crippen LogP contribution in [0.2, 0.25) is 0 Å². The van der Waals surface area contributed by atoms with Gasteiger partial charge >= 0.3 is 0 Å². The van der Waals surface area contributed by atoms with Crippen molar-refractivity contribution in [1.29, 1.82) is 0 Å². The van der Waals surface area contributed by atoms with Crippen LogP contribution in [0.15, 0.2) is 36.4 Å². The first kappa shape index (κ1) is 13.3. The number of thiophene rings is 2. The molecule has 18 heavy (non-hydrogen) atoms. The van der Waals surface area contributed by atoms with Crippen LogP contribution in [0, 0.1) is 13.8 Å². The molecule has 0 N–H and O–H groups in total. The first-order chi connectivity index (χ1) is 8.75. The molecule has 1 aromatic carbocycles. The summed E-state index contributed by atoms with van der Waals surface area (Å²) in [5, 5.41) is 2.79. The van der Waals surface area contributed by atoms with E-state index in [0.29, 0.717) is 0 Å². The Morgan fingerprint density at radius 1 is 0.778 bits per heavy atom. The lowest BCUT2D eigenvalue weighted by Crippen LogP contribution is -1.67. The van der Waals surface area contributed by atoms with Gasteiger partial charge in [0.25, 0.3) is 0 Å². The molecule has 0 bridgehead atoms. The summed E-state index contributed by atoms with van der Waals surface area (Å²) < 4.78 is 0. The van der Waals surface area contributed by atoms with Gasteiger partial charge in [-0.1, -0.05) is 38.1 Å². The third-order valence-electron chi connectivity index (χ3n) is 2.77. The monoisotopic (exact) mass is 274 g/mol. The van der Waals surface area contributed by atoms with Gasteiger partial charge in [0.15, 0.2) is 0 Å². The minimum absolute atomic E-state index is 1.38. The van der Waals surface area contributed by atoms with Crippen molar-refractivity contribution in [3.8, 4) is 9.75 Å². The van der Waals surface area contributed by atoms with E-state index in [1.54, 1.807) is 0 Å². The quantitative estimate of drug-likeness (QED) is 0.490. The van der Waals surface area contributed by atoms with Crippen LogP contribution in [-0.2, 0) is 0 Å². The minimum atomic E-state index is 1.38. The summed E-state index contributed by atoms with van der Waals surface area (Å²) in [5.41, 5.74) is 0. The second-order valence-corrected chi connectivity index (χ2v) is 6.46. The van der Waals surface area contributed by atoms with Gasteiger partial charge in [-0.2, -0.15) is 0 Å². The molecule has 0 amide bonds. The smallest absolute Gasteiger partial charge is 0.0524 e. The second kappa shape index (κ2) is 5.68. The molecule has 0 saturated heterocycles. The summed E-state index contributed by atoms with van der Waals surface area (Å²) in [6.45, 7) is 8.37. The number of fused-ring (bicyclic) bond motifs is 1. The van der Waals surface area contributed by atoms with Crippen LogP contribution >= 0.6 is 22.7 Å². The third-order valence-corrected chi connectivity index (χ3v) is 5.09. The van der Waals surface area contributed by atoms with E-state index in [1.807, 2.05) is 36.5 Å². The van der Waals surface area contributed by atoms with Crippen molar-refractivity contribution < 1.29 is 0 Å². The molecule has 3 rings (SSSR count). The molecule has 3 aromatic rings. The predicted molar refractivity (Wildman–Crippen MR) is 86.0 cm³/mol. The molecule has 0 aliphatic rings. The zero-order valence-electron chi connectivity index (χ0n) is 11.3. The van der Waals surface area contributed by atoms with Crippen LogP contribution in [0.1, 0.15) is 23.6 Å². The SMILES string of the molecule is CC.Cc1ccc(-c2sc(C)c3ccccc23)s1. The van der Waals surface area contributed by atoms with E-state index >= 15 is 0 Å². The Balaban J connectivity index is 0.000000574. The molecular formula is C16H18S2. The summed E-state index contributed by atoms with van der Waals surface area (Å²) in [6.07, 6.45) is 0. The number of rotatable bonds is 1. The summed E-state index contributed by atoms with van der Waals surface area (Å²) >= 11 is 3.78. The van der Waals surface area contributed by atoms with Crippen LogP contribution in [-0.4, -0.2) is 0 Å². The van der Waals surface area contributed by atoms with Crippen LogP contribution in [0.4, 0.5) is 0 Å². The van der Waals surface area contributed by atoms with E-state index in [4.69, 9.17) is 0 Å². The molecule has 2 aromatic heterocycles. The van der Waals surface area contributed by atoms with Gasteiger partial charge < -0.3 is 0 Å². The van der Waals surface area contributed by atoms with Gasteiger partial charge in [-0.15, -0.1) is 22.7 Å². The molecule has 94 valence electrons. The van der Waals surface area contributed by atoms with Gasteiger partial charge in [0.05, 0.1) is 4.88 Å². The fraction of sp³-hybridized carbons (Fsp3) is 0.250. The highest BCUT2D eigenvalue weighted by Crippen LogP contribution is 2.40. The predicted octanol–water partition coefficient (Wildman–Crippen LogP) is 6.27. The maximum Gasteiger partial charge on any atom is 0.0524 e. The summed E-state index contributed by atoms with van der Waals surface area (Å²) in [5.74, 6) is 0. The number of hydrogen-bond acceptors (Lipinski definition) is 2. The molecular weight excluding hydrogens is 256 g/mol. The lowest BCUT2D eigenvalue weighted by Gasteiger charge is -1.93. The maximum atomic E-state index is 2.23. The summed E-state index contributed by atoms with van der Waals surface area (Å²) in [6, 6.07) is 13.1. The van der Waals surface area contributed by atoms with Crippen LogP contribution in [0.25, 0.3) is 20.5 Å². The highest BCUT2D eigenvalue weighted by Gasteiger charge is 2.10. The first-order valence-electron chi connectivity index (χ1n) is 6.30. The average Bonchev–Trinajstić information content (AvgIpc) is 2.97. The van der Waals surface area contributed by atoms with Gasteiger partial charge in [-0.05, 0) is 31.4 Å². The lowest BCUT2D eigenvalue weighted by atomic mass is 10.1. The van der Waals surface area contributed by atoms with E-state index in [9.17, 15) is 0 Å². The standard InChI is InChI=1S/C14H12S2.C2H6/c1-9-7-8-13(15-9)14-12-6-4-3-5-11(12)10(2)16-14;1-2/h3-8H,1-2H3;1-2H3. The molecule has 0 aliphatic carbocycles. The van der Waals surface area contributed by atoms with Crippen molar-refractivity contribution in [3.05, 3.63) is 46.2 Å². The molecule has 2 heterocycles. The van der Waals surface area contributed by atoms with Gasteiger partial charge in [0, 0.05) is 20.0 Å². The van der Waals surface area contributed by atoms with E-state index in [1.165, 1.54) is 30.3 Å². The van der Waals surface area contributed by atoms with E-state index < -0.39 is 0 Å². The molecule has 0 unspecified atom stereocenters. The topological polar surface area (TPSA) is 0 Å². The van der Waals surface area contributed by atoms with Crippen molar-refractivity contribution in [2.75, 3.05) is 0 Å². The Kier molecular flexibility index (Phi) is 4.20. The molecule has 2 heteroatoms. The molecule has 0 nitrogen and oxygen atoms in total. The summed E-state index contributed by atoms with van der Waals surface area (Å²) in [4.78, 5) is 5.61. The Morgan fingerprint density at radius 3 is 2.06 bits per heavy atom. The van der Waals surface area contributed by atoms with Gasteiger partial charge in [0.2, 0.25) is 0 Å². The van der Waals surface area contributed by atoms with Gasteiger partial charge in [-0.25, -0.2) is 0 Å². The zero-order valence-corrected chi connectivity index (χ0v) is 12.9. The maximum absolute atomic E-state index is 2.23. The Labute approximate surface area is 117 Å². The minimum Gasteiger partial charge on any atom is -0.140 e. The van der Waals surface area contributed by atoms with E-state index in [0.717, 1.165) is 0 Å². The van der Waals surface area contributed by atoms with E-state index in [2.05, 4.69) is 50.2 Å². The number of benzene rings is 1. The fourth-order valence-corrected chi connectivity index (χ4v) is 4.11. The molecule has 0 atom stereocenters. The fourth-order valence-electron chi connectivity index (χ4n) is 1.99. The van der Waals surface area contributed by atoms with Crippen molar-refractivity contribution in [2.24, 2.45) is 0 Å². The van der Waals surface area contributed by atoms with Crippen molar-refractivity contribution in [1.82, 2.24) is 0 Å². The summed E-state index contributed by atoms with van der Waals surface area (Å²) in [7, 11) is 0. The molecule has 0 spiro atoms. The van der Waals surface area contributed by atoms with Crippen LogP contribution in [0.5, 0.6) is 0 Å². The van der Waals surface area contributed by atoms with Gasteiger partial charge in [-0.3, -0.25) is 0 Å². The molecule has 0 radical (unpaired) electrons. The number of hydrogen-bond donors (Lipinski definition) is 0.